The second-order valence-corrected chi connectivity index (χ2v) is 3.38. The molecule has 2 nitrogen and oxygen atoms in total. The van der Waals surface area contributed by atoms with Crippen LogP contribution in [0.1, 0.15) is 12.5 Å². The normalized spacial score (nSPS) is 11.8. The summed E-state index contributed by atoms with van der Waals surface area (Å²) in [6, 6.07) is 9.71. The Balaban J connectivity index is 2.59. The van der Waals surface area contributed by atoms with E-state index in [-0.39, 0.29) is 6.07 Å². The van der Waals surface area contributed by atoms with Gasteiger partial charge in [0.1, 0.15) is 0 Å². The number of ether oxygens (including phenoxy) is 1. The van der Waals surface area contributed by atoms with E-state index in [0.29, 0.717) is 5.57 Å². The molecule has 0 radical (unpaired) electrons. The first-order chi connectivity index (χ1) is 7.74. The maximum atomic E-state index is 11.2. The van der Waals surface area contributed by atoms with Gasteiger partial charge in [-0.1, -0.05) is 60.2 Å². The van der Waals surface area contributed by atoms with Crippen LogP contribution in [0.4, 0.5) is 0 Å². The Morgan fingerprint density at radius 1 is 1.38 bits per heavy atom. The van der Waals surface area contributed by atoms with E-state index in [2.05, 4.69) is 4.74 Å². The fourth-order valence-corrected chi connectivity index (χ4v) is 1.20. The van der Waals surface area contributed by atoms with Crippen LogP contribution >= 0.6 is 11.6 Å². The molecule has 0 aliphatic carbocycles. The average Bonchev–Trinajstić information content (AvgIpc) is 2.30. The summed E-state index contributed by atoms with van der Waals surface area (Å²) in [6.45, 7) is 1.68. The Morgan fingerprint density at radius 2 is 2.06 bits per heavy atom. The van der Waals surface area contributed by atoms with Crippen LogP contribution in [0, 0.1) is 0 Å². The van der Waals surface area contributed by atoms with Crippen molar-refractivity contribution in [2.75, 3.05) is 6.07 Å². The third kappa shape index (κ3) is 4.32. The Kier molecular flexibility index (Phi) is 5.37. The molecule has 0 saturated carbocycles. The maximum absolute atomic E-state index is 11.2. The first-order valence-electron chi connectivity index (χ1n) is 4.87. The molecule has 0 spiro atoms. The number of carbonyl (C=O) groups is 1. The zero-order valence-electron chi connectivity index (χ0n) is 9.02. The molecule has 1 aromatic rings. The Labute approximate surface area is 100 Å². The fraction of sp³-hybridized carbons (Fsp3) is 0.154. The van der Waals surface area contributed by atoms with Crippen LogP contribution in [-0.4, -0.2) is 12.0 Å². The lowest BCUT2D eigenvalue weighted by Crippen LogP contribution is -2.03. The minimum atomic E-state index is -0.396. The van der Waals surface area contributed by atoms with Gasteiger partial charge in [-0.15, -0.1) is 0 Å². The van der Waals surface area contributed by atoms with Crippen molar-refractivity contribution in [2.24, 2.45) is 0 Å². The molecule has 3 heteroatoms. The van der Waals surface area contributed by atoms with Gasteiger partial charge in [0.25, 0.3) is 0 Å². The number of allylic oxidation sites excluding steroid dienone is 2. The molecule has 1 aromatic carbocycles. The maximum Gasteiger partial charge on any atom is 0.334 e. The number of halogens is 1. The highest BCUT2D eigenvalue weighted by atomic mass is 35.5. The highest BCUT2D eigenvalue weighted by molar-refractivity contribution is 6.17. The number of hydrogen-bond donors (Lipinski definition) is 0. The van der Waals surface area contributed by atoms with Crippen LogP contribution in [0.15, 0.2) is 48.1 Å². The molecule has 0 amide bonds. The van der Waals surface area contributed by atoms with Gasteiger partial charge in [-0.05, 0) is 12.5 Å². The van der Waals surface area contributed by atoms with Gasteiger partial charge in [-0.2, -0.15) is 0 Å². The number of hydrogen-bond acceptors (Lipinski definition) is 2. The van der Waals surface area contributed by atoms with Gasteiger partial charge < -0.3 is 4.74 Å². The summed E-state index contributed by atoms with van der Waals surface area (Å²) < 4.78 is 4.63. The second kappa shape index (κ2) is 6.85. The average molecular weight is 237 g/mol. The lowest BCUT2D eigenvalue weighted by Gasteiger charge is -1.98. The quantitative estimate of drug-likeness (QED) is 0.347. The first-order valence-corrected chi connectivity index (χ1v) is 5.40. The highest BCUT2D eigenvalue weighted by Crippen LogP contribution is 2.03. The van der Waals surface area contributed by atoms with E-state index in [1.54, 1.807) is 19.1 Å². The molecule has 0 unspecified atom stereocenters. The fourth-order valence-electron chi connectivity index (χ4n) is 1.10. The number of carbonyl (C=O) groups excluding carboxylic acids is 1. The van der Waals surface area contributed by atoms with E-state index < -0.39 is 5.97 Å². The molecule has 0 aliphatic heterocycles. The summed E-state index contributed by atoms with van der Waals surface area (Å²) in [4.78, 5) is 11.2. The molecule has 0 fully saturated rings. The summed E-state index contributed by atoms with van der Waals surface area (Å²) in [5, 5.41) is 0. The minimum Gasteiger partial charge on any atom is -0.446 e. The van der Waals surface area contributed by atoms with Crippen molar-refractivity contribution >= 4 is 23.6 Å². The van der Waals surface area contributed by atoms with Gasteiger partial charge in [-0.3, -0.25) is 0 Å². The smallest absolute Gasteiger partial charge is 0.334 e. The Morgan fingerprint density at radius 3 is 2.69 bits per heavy atom. The summed E-state index contributed by atoms with van der Waals surface area (Å²) in [5.74, 6) is -0.396. The third-order valence-electron chi connectivity index (χ3n) is 1.94. The van der Waals surface area contributed by atoms with Crippen LogP contribution in [-0.2, 0) is 9.53 Å². The molecule has 84 valence electrons. The second-order valence-electron chi connectivity index (χ2n) is 3.16. The van der Waals surface area contributed by atoms with Crippen LogP contribution in [0.2, 0.25) is 0 Å². The third-order valence-corrected chi connectivity index (χ3v) is 2.05. The molecule has 0 saturated heterocycles. The summed E-state index contributed by atoms with van der Waals surface area (Å²) in [6.07, 6.45) is 5.42. The van der Waals surface area contributed by atoms with Crippen molar-refractivity contribution in [2.45, 2.75) is 6.92 Å². The number of alkyl halides is 1. The molecule has 0 bridgehead atoms. The predicted molar refractivity (Wildman–Crippen MR) is 66.0 cm³/mol. The number of rotatable bonds is 4. The van der Waals surface area contributed by atoms with E-state index in [4.69, 9.17) is 11.6 Å². The molecular formula is C13H13ClO2. The highest BCUT2D eigenvalue weighted by Gasteiger charge is 2.02. The lowest BCUT2D eigenvalue weighted by molar-refractivity contribution is -0.136. The van der Waals surface area contributed by atoms with Gasteiger partial charge in [0.15, 0.2) is 6.07 Å². The first kappa shape index (κ1) is 12.5. The van der Waals surface area contributed by atoms with Gasteiger partial charge >= 0.3 is 5.97 Å². The van der Waals surface area contributed by atoms with Crippen molar-refractivity contribution < 1.29 is 9.53 Å². The van der Waals surface area contributed by atoms with Gasteiger partial charge in [0.05, 0.1) is 0 Å². The summed E-state index contributed by atoms with van der Waals surface area (Å²) in [5.41, 5.74) is 1.60. The largest absolute Gasteiger partial charge is 0.446 e. The molecule has 0 heterocycles. The SMILES string of the molecule is CC(=CC=Cc1ccccc1)C(=O)OCCl. The zero-order chi connectivity index (χ0) is 11.8. The lowest BCUT2D eigenvalue weighted by atomic mass is 10.2. The van der Waals surface area contributed by atoms with E-state index in [1.165, 1.54) is 0 Å². The van der Waals surface area contributed by atoms with Crippen LogP contribution < -0.4 is 0 Å². The van der Waals surface area contributed by atoms with Crippen LogP contribution in [0.25, 0.3) is 6.08 Å². The molecule has 1 rings (SSSR count). The molecule has 0 N–H and O–H groups in total. The zero-order valence-corrected chi connectivity index (χ0v) is 9.78. The van der Waals surface area contributed by atoms with Crippen molar-refractivity contribution in [3.63, 3.8) is 0 Å². The van der Waals surface area contributed by atoms with E-state index >= 15 is 0 Å². The van der Waals surface area contributed by atoms with Crippen molar-refractivity contribution in [3.05, 3.63) is 53.6 Å². The van der Waals surface area contributed by atoms with Crippen molar-refractivity contribution in [3.8, 4) is 0 Å². The standard InChI is InChI=1S/C13H13ClO2/c1-11(13(15)16-10-14)6-5-9-12-7-3-2-4-8-12/h2-9H,10H2,1H3. The monoisotopic (exact) mass is 236 g/mol. The van der Waals surface area contributed by atoms with Gasteiger partial charge in [0, 0.05) is 5.57 Å². The molecular weight excluding hydrogens is 224 g/mol. The van der Waals surface area contributed by atoms with E-state index in [0.717, 1.165) is 5.56 Å². The van der Waals surface area contributed by atoms with Crippen LogP contribution in [0.3, 0.4) is 0 Å². The summed E-state index contributed by atoms with van der Waals surface area (Å²) in [7, 11) is 0. The van der Waals surface area contributed by atoms with Crippen molar-refractivity contribution in [1.29, 1.82) is 0 Å². The van der Waals surface area contributed by atoms with Crippen LogP contribution in [0.5, 0.6) is 0 Å². The number of esters is 1. The molecule has 0 aromatic heterocycles. The predicted octanol–water partition coefficient (Wildman–Crippen LogP) is 3.39. The van der Waals surface area contributed by atoms with Gasteiger partial charge in [0.2, 0.25) is 0 Å². The summed E-state index contributed by atoms with van der Waals surface area (Å²) >= 11 is 5.28. The number of benzene rings is 1. The Bertz CT molecular complexity index is 394. The minimum absolute atomic E-state index is 0.119. The molecule has 0 atom stereocenters. The van der Waals surface area contributed by atoms with Gasteiger partial charge in [-0.25, -0.2) is 4.79 Å². The van der Waals surface area contributed by atoms with E-state index in [1.807, 2.05) is 36.4 Å². The topological polar surface area (TPSA) is 26.3 Å². The van der Waals surface area contributed by atoms with Crippen molar-refractivity contribution in [1.82, 2.24) is 0 Å². The Hall–Kier alpha value is -1.54. The van der Waals surface area contributed by atoms with E-state index in [9.17, 15) is 4.79 Å². The molecule has 16 heavy (non-hydrogen) atoms. The molecule has 0 aliphatic rings.